The van der Waals surface area contributed by atoms with Crippen molar-refractivity contribution in [2.24, 2.45) is 0 Å². The molecule has 2 rings (SSSR count). The lowest BCUT2D eigenvalue weighted by atomic mass is 9.95. The molecule has 0 bridgehead atoms. The molecule has 0 fully saturated rings. The molecule has 0 spiro atoms. The summed E-state index contributed by atoms with van der Waals surface area (Å²) in [6, 6.07) is 6.81. The third-order valence-electron chi connectivity index (χ3n) is 3.56. The van der Waals surface area contributed by atoms with Gasteiger partial charge in [-0.25, -0.2) is 9.59 Å². The Morgan fingerprint density at radius 1 is 1.17 bits per heavy atom. The van der Waals surface area contributed by atoms with Crippen LogP contribution in [0.3, 0.4) is 0 Å². The first kappa shape index (κ1) is 17.0. The smallest absolute Gasteiger partial charge is 0.338 e. The van der Waals surface area contributed by atoms with Crippen molar-refractivity contribution in [3.8, 4) is 0 Å². The van der Waals surface area contributed by atoms with E-state index in [0.717, 1.165) is 11.1 Å². The van der Waals surface area contributed by atoms with Crippen LogP contribution in [0.25, 0.3) is 0 Å². The van der Waals surface area contributed by atoms with Gasteiger partial charge in [0.25, 0.3) is 0 Å². The van der Waals surface area contributed by atoms with Crippen LogP contribution in [0.15, 0.2) is 35.5 Å². The van der Waals surface area contributed by atoms with Gasteiger partial charge in [0.2, 0.25) is 0 Å². The number of hydrogen-bond donors (Lipinski definition) is 2. The van der Waals surface area contributed by atoms with Gasteiger partial charge in [0.15, 0.2) is 0 Å². The molecule has 6 nitrogen and oxygen atoms in total. The SMILES string of the molecule is CCOCCOC(=O)C1=C(C)NC(=O)N[C@@H]1c1ccc(C)cc1. The average molecular weight is 318 g/mol. The van der Waals surface area contributed by atoms with Crippen LogP contribution >= 0.6 is 0 Å². The molecule has 2 amide bonds. The Morgan fingerprint density at radius 3 is 2.52 bits per heavy atom. The zero-order valence-electron chi connectivity index (χ0n) is 13.6. The van der Waals surface area contributed by atoms with E-state index in [9.17, 15) is 9.59 Å². The predicted molar refractivity (Wildman–Crippen MR) is 85.7 cm³/mol. The van der Waals surface area contributed by atoms with E-state index in [1.165, 1.54) is 0 Å². The Bertz CT molecular complexity index is 608. The van der Waals surface area contributed by atoms with Gasteiger partial charge < -0.3 is 20.1 Å². The molecule has 6 heteroatoms. The van der Waals surface area contributed by atoms with Crippen molar-refractivity contribution >= 4 is 12.0 Å². The summed E-state index contributed by atoms with van der Waals surface area (Å²) in [5, 5.41) is 5.40. The number of rotatable bonds is 6. The van der Waals surface area contributed by atoms with E-state index in [0.29, 0.717) is 24.5 Å². The highest BCUT2D eigenvalue weighted by molar-refractivity contribution is 5.95. The molecule has 23 heavy (non-hydrogen) atoms. The van der Waals surface area contributed by atoms with Gasteiger partial charge in [0.1, 0.15) is 6.61 Å². The topological polar surface area (TPSA) is 76.7 Å². The number of carbonyl (C=O) groups excluding carboxylic acids is 2. The third-order valence-corrected chi connectivity index (χ3v) is 3.56. The molecule has 0 saturated carbocycles. The van der Waals surface area contributed by atoms with Crippen molar-refractivity contribution in [1.82, 2.24) is 10.6 Å². The van der Waals surface area contributed by atoms with Crippen molar-refractivity contribution in [1.29, 1.82) is 0 Å². The van der Waals surface area contributed by atoms with Gasteiger partial charge in [-0.15, -0.1) is 0 Å². The van der Waals surface area contributed by atoms with Crippen LogP contribution in [0, 0.1) is 6.92 Å². The molecule has 1 aromatic rings. The highest BCUT2D eigenvalue weighted by Crippen LogP contribution is 2.27. The van der Waals surface area contributed by atoms with E-state index in [-0.39, 0.29) is 12.6 Å². The molecule has 0 radical (unpaired) electrons. The molecule has 1 aromatic carbocycles. The van der Waals surface area contributed by atoms with Gasteiger partial charge in [0.05, 0.1) is 18.2 Å². The largest absolute Gasteiger partial charge is 0.460 e. The van der Waals surface area contributed by atoms with Crippen molar-refractivity contribution in [2.45, 2.75) is 26.8 Å². The Balaban J connectivity index is 2.20. The van der Waals surface area contributed by atoms with Gasteiger partial charge in [-0.1, -0.05) is 29.8 Å². The number of amides is 2. The van der Waals surface area contributed by atoms with Crippen molar-refractivity contribution < 1.29 is 19.1 Å². The van der Waals surface area contributed by atoms with E-state index >= 15 is 0 Å². The summed E-state index contributed by atoms with van der Waals surface area (Å²) in [4.78, 5) is 24.2. The summed E-state index contributed by atoms with van der Waals surface area (Å²) in [6.45, 7) is 6.65. The van der Waals surface area contributed by atoms with Crippen molar-refractivity contribution in [3.05, 3.63) is 46.7 Å². The minimum absolute atomic E-state index is 0.179. The van der Waals surface area contributed by atoms with Crippen LogP contribution in [-0.4, -0.2) is 31.8 Å². The van der Waals surface area contributed by atoms with Gasteiger partial charge in [-0.05, 0) is 26.3 Å². The Labute approximate surface area is 135 Å². The van der Waals surface area contributed by atoms with E-state index < -0.39 is 12.0 Å². The zero-order chi connectivity index (χ0) is 16.8. The van der Waals surface area contributed by atoms with Crippen LogP contribution in [0.5, 0.6) is 0 Å². The molecular formula is C17H22N2O4. The number of hydrogen-bond acceptors (Lipinski definition) is 4. The lowest BCUT2D eigenvalue weighted by Crippen LogP contribution is -2.45. The number of aryl methyl sites for hydroxylation is 1. The van der Waals surface area contributed by atoms with Crippen LogP contribution in [0.1, 0.15) is 31.0 Å². The fourth-order valence-corrected chi connectivity index (χ4v) is 2.39. The molecule has 0 unspecified atom stereocenters. The van der Waals surface area contributed by atoms with E-state index in [1.807, 2.05) is 38.1 Å². The quantitative estimate of drug-likeness (QED) is 0.623. The molecular weight excluding hydrogens is 296 g/mol. The summed E-state index contributed by atoms with van der Waals surface area (Å²) < 4.78 is 10.4. The van der Waals surface area contributed by atoms with E-state index in [2.05, 4.69) is 10.6 Å². The number of carbonyl (C=O) groups is 2. The maximum atomic E-state index is 12.4. The fraction of sp³-hybridized carbons (Fsp3) is 0.412. The minimum Gasteiger partial charge on any atom is -0.460 e. The standard InChI is InChI=1S/C17H22N2O4/c1-4-22-9-10-23-16(20)14-12(3)18-17(21)19-15(14)13-7-5-11(2)6-8-13/h5-8,15H,4,9-10H2,1-3H3,(H2,18,19,21)/t15-/m1/s1. The highest BCUT2D eigenvalue weighted by Gasteiger charge is 2.32. The number of nitrogens with one attached hydrogen (secondary N) is 2. The first-order valence-electron chi connectivity index (χ1n) is 7.62. The lowest BCUT2D eigenvalue weighted by molar-refractivity contribution is -0.141. The van der Waals surface area contributed by atoms with Gasteiger partial charge in [-0.3, -0.25) is 0 Å². The Morgan fingerprint density at radius 2 is 1.87 bits per heavy atom. The van der Waals surface area contributed by atoms with Crippen molar-refractivity contribution in [3.63, 3.8) is 0 Å². The Hall–Kier alpha value is -2.34. The average Bonchev–Trinajstić information content (AvgIpc) is 2.51. The Kier molecular flexibility index (Phi) is 5.76. The molecule has 2 N–H and O–H groups in total. The molecule has 1 atom stereocenters. The summed E-state index contributed by atoms with van der Waals surface area (Å²) in [5.74, 6) is -0.458. The summed E-state index contributed by atoms with van der Waals surface area (Å²) in [5.41, 5.74) is 2.85. The van der Waals surface area contributed by atoms with Crippen LogP contribution in [-0.2, 0) is 14.3 Å². The van der Waals surface area contributed by atoms with Crippen LogP contribution < -0.4 is 10.6 Å². The molecule has 1 aliphatic rings. The highest BCUT2D eigenvalue weighted by atomic mass is 16.6. The lowest BCUT2D eigenvalue weighted by Gasteiger charge is -2.28. The molecule has 1 heterocycles. The molecule has 0 saturated heterocycles. The van der Waals surface area contributed by atoms with Gasteiger partial charge >= 0.3 is 12.0 Å². The number of esters is 1. The number of benzene rings is 1. The molecule has 0 aliphatic carbocycles. The van der Waals surface area contributed by atoms with Crippen LogP contribution in [0.4, 0.5) is 4.79 Å². The van der Waals surface area contributed by atoms with Crippen LogP contribution in [0.2, 0.25) is 0 Å². The fourth-order valence-electron chi connectivity index (χ4n) is 2.39. The first-order valence-corrected chi connectivity index (χ1v) is 7.62. The van der Waals surface area contributed by atoms with Gasteiger partial charge in [0, 0.05) is 12.3 Å². The maximum Gasteiger partial charge on any atom is 0.338 e. The monoisotopic (exact) mass is 318 g/mol. The predicted octanol–water partition coefficient (Wildman–Crippen LogP) is 2.20. The summed E-state index contributed by atoms with van der Waals surface area (Å²) in [7, 11) is 0. The number of ether oxygens (including phenoxy) is 2. The van der Waals surface area contributed by atoms with E-state index in [4.69, 9.17) is 9.47 Å². The minimum atomic E-state index is -0.524. The zero-order valence-corrected chi connectivity index (χ0v) is 13.6. The van der Waals surface area contributed by atoms with E-state index in [1.54, 1.807) is 6.92 Å². The molecule has 0 aromatic heterocycles. The summed E-state index contributed by atoms with van der Waals surface area (Å²) in [6.07, 6.45) is 0. The summed E-state index contributed by atoms with van der Waals surface area (Å²) >= 11 is 0. The number of allylic oxidation sites excluding steroid dienone is 1. The second-order valence-corrected chi connectivity index (χ2v) is 5.31. The maximum absolute atomic E-state index is 12.4. The second kappa shape index (κ2) is 7.78. The molecule has 124 valence electrons. The number of urea groups is 1. The normalized spacial score (nSPS) is 17.5. The second-order valence-electron chi connectivity index (χ2n) is 5.31. The third kappa shape index (κ3) is 4.32. The first-order chi connectivity index (χ1) is 11.0. The van der Waals surface area contributed by atoms with Crippen molar-refractivity contribution in [2.75, 3.05) is 19.8 Å². The van der Waals surface area contributed by atoms with Gasteiger partial charge in [-0.2, -0.15) is 0 Å². The molecule has 1 aliphatic heterocycles.